The number of benzene rings is 1. The maximum Gasteiger partial charge on any atom is 0.0343 e. The molecular formula is C15H22BrN. The zero-order valence-electron chi connectivity index (χ0n) is 10.6. The highest BCUT2D eigenvalue weighted by Gasteiger charge is 2.12. The van der Waals surface area contributed by atoms with E-state index in [1.165, 1.54) is 54.2 Å². The van der Waals surface area contributed by atoms with Crippen molar-refractivity contribution in [3.05, 3.63) is 28.2 Å². The summed E-state index contributed by atoms with van der Waals surface area (Å²) in [4.78, 5) is 0. The van der Waals surface area contributed by atoms with Gasteiger partial charge < -0.3 is 5.32 Å². The van der Waals surface area contributed by atoms with Gasteiger partial charge in [0, 0.05) is 16.7 Å². The minimum absolute atomic E-state index is 0.966. The Morgan fingerprint density at radius 3 is 2.71 bits per heavy atom. The summed E-state index contributed by atoms with van der Waals surface area (Å²) in [6, 6.07) is 6.49. The van der Waals surface area contributed by atoms with E-state index >= 15 is 0 Å². The van der Waals surface area contributed by atoms with Gasteiger partial charge in [0.2, 0.25) is 0 Å². The lowest BCUT2D eigenvalue weighted by Gasteiger charge is -2.21. The summed E-state index contributed by atoms with van der Waals surface area (Å²) >= 11 is 3.53. The van der Waals surface area contributed by atoms with Gasteiger partial charge in [0.05, 0.1) is 0 Å². The summed E-state index contributed by atoms with van der Waals surface area (Å²) in [7, 11) is 0. The highest BCUT2D eigenvalue weighted by atomic mass is 79.9. The van der Waals surface area contributed by atoms with Gasteiger partial charge in [-0.3, -0.25) is 0 Å². The Morgan fingerprint density at radius 2 is 2.00 bits per heavy atom. The van der Waals surface area contributed by atoms with Crippen LogP contribution in [0.2, 0.25) is 0 Å². The molecule has 0 aliphatic heterocycles. The molecule has 0 amide bonds. The first kappa shape index (κ1) is 12.9. The Hall–Kier alpha value is -0.500. The summed E-state index contributed by atoms with van der Waals surface area (Å²) in [6.07, 6.45) is 8.57. The van der Waals surface area contributed by atoms with Crippen LogP contribution in [0, 0.1) is 12.8 Å². The van der Waals surface area contributed by atoms with Crippen LogP contribution >= 0.6 is 15.9 Å². The molecule has 2 rings (SSSR count). The Balaban J connectivity index is 1.75. The van der Waals surface area contributed by atoms with E-state index in [0.29, 0.717) is 0 Å². The summed E-state index contributed by atoms with van der Waals surface area (Å²) in [5.41, 5.74) is 2.55. The van der Waals surface area contributed by atoms with Crippen LogP contribution in [0.3, 0.4) is 0 Å². The lowest BCUT2D eigenvalue weighted by atomic mass is 9.87. The Bertz CT molecular complexity index is 356. The van der Waals surface area contributed by atoms with Crippen molar-refractivity contribution in [3.63, 3.8) is 0 Å². The molecule has 0 spiro atoms. The summed E-state index contributed by atoms with van der Waals surface area (Å²) in [5.74, 6) is 0.966. The van der Waals surface area contributed by atoms with E-state index in [0.717, 1.165) is 12.5 Å². The summed E-state index contributed by atoms with van der Waals surface area (Å²) < 4.78 is 1.19. The zero-order valence-corrected chi connectivity index (χ0v) is 12.2. The highest BCUT2D eigenvalue weighted by molar-refractivity contribution is 9.10. The minimum atomic E-state index is 0.966. The number of hydrogen-bond donors (Lipinski definition) is 1. The number of hydrogen-bond acceptors (Lipinski definition) is 1. The number of halogens is 1. The molecular weight excluding hydrogens is 274 g/mol. The number of anilines is 1. The molecule has 0 bridgehead atoms. The fraction of sp³-hybridized carbons (Fsp3) is 0.600. The van der Waals surface area contributed by atoms with Gasteiger partial charge in [-0.15, -0.1) is 0 Å². The molecule has 0 saturated heterocycles. The number of aryl methyl sites for hydroxylation is 1. The van der Waals surface area contributed by atoms with Crippen molar-refractivity contribution < 1.29 is 0 Å². The molecule has 0 radical (unpaired) electrons. The van der Waals surface area contributed by atoms with Crippen molar-refractivity contribution in [3.8, 4) is 0 Å². The van der Waals surface area contributed by atoms with Gasteiger partial charge >= 0.3 is 0 Å². The highest BCUT2D eigenvalue weighted by Crippen LogP contribution is 2.26. The molecule has 2 heteroatoms. The van der Waals surface area contributed by atoms with Crippen molar-refractivity contribution in [1.82, 2.24) is 0 Å². The van der Waals surface area contributed by atoms with Crippen LogP contribution in [0.25, 0.3) is 0 Å². The Kier molecular flexibility index (Phi) is 4.90. The van der Waals surface area contributed by atoms with E-state index in [-0.39, 0.29) is 0 Å². The first-order valence-corrected chi connectivity index (χ1v) is 7.55. The molecule has 1 aliphatic carbocycles. The standard InChI is InChI=1S/C15H22BrN/c1-12-11-14(7-8-15(12)16)17-10-9-13-5-3-2-4-6-13/h7-8,11,13,17H,2-6,9-10H2,1H3. The fourth-order valence-electron chi connectivity index (χ4n) is 2.65. The lowest BCUT2D eigenvalue weighted by molar-refractivity contribution is 0.345. The van der Waals surface area contributed by atoms with Gasteiger partial charge in [-0.05, 0) is 43.0 Å². The van der Waals surface area contributed by atoms with E-state index in [1.54, 1.807) is 0 Å². The molecule has 0 atom stereocenters. The monoisotopic (exact) mass is 295 g/mol. The molecule has 1 aromatic rings. The van der Waals surface area contributed by atoms with E-state index in [9.17, 15) is 0 Å². The fourth-order valence-corrected chi connectivity index (χ4v) is 2.90. The first-order valence-electron chi connectivity index (χ1n) is 6.76. The van der Waals surface area contributed by atoms with Gasteiger partial charge in [-0.1, -0.05) is 48.0 Å². The van der Waals surface area contributed by atoms with Gasteiger partial charge in [0.25, 0.3) is 0 Å². The van der Waals surface area contributed by atoms with Crippen LogP contribution in [0.15, 0.2) is 22.7 Å². The smallest absolute Gasteiger partial charge is 0.0343 e. The molecule has 1 nitrogen and oxygen atoms in total. The van der Waals surface area contributed by atoms with Gasteiger partial charge in [0.1, 0.15) is 0 Å². The molecule has 1 aliphatic rings. The second-order valence-corrected chi connectivity index (χ2v) is 6.04. The minimum Gasteiger partial charge on any atom is -0.385 e. The van der Waals surface area contributed by atoms with E-state index < -0.39 is 0 Å². The average molecular weight is 296 g/mol. The lowest BCUT2D eigenvalue weighted by Crippen LogP contribution is -2.12. The molecule has 1 N–H and O–H groups in total. The molecule has 0 unspecified atom stereocenters. The van der Waals surface area contributed by atoms with Gasteiger partial charge in [-0.2, -0.15) is 0 Å². The molecule has 94 valence electrons. The van der Waals surface area contributed by atoms with Crippen LogP contribution in [0.4, 0.5) is 5.69 Å². The number of rotatable bonds is 4. The molecule has 1 aromatic carbocycles. The Morgan fingerprint density at radius 1 is 1.24 bits per heavy atom. The van der Waals surface area contributed by atoms with Crippen molar-refractivity contribution in [2.24, 2.45) is 5.92 Å². The van der Waals surface area contributed by atoms with Gasteiger partial charge in [0.15, 0.2) is 0 Å². The molecule has 0 aromatic heterocycles. The molecule has 0 heterocycles. The van der Waals surface area contributed by atoms with E-state index in [4.69, 9.17) is 0 Å². The zero-order chi connectivity index (χ0) is 12.1. The predicted octanol–water partition coefficient (Wildman–Crippen LogP) is 5.14. The normalized spacial score (nSPS) is 17.1. The predicted molar refractivity (Wildman–Crippen MR) is 78.6 cm³/mol. The van der Waals surface area contributed by atoms with E-state index in [2.05, 4.69) is 46.4 Å². The molecule has 1 saturated carbocycles. The molecule has 1 fully saturated rings. The van der Waals surface area contributed by atoms with Crippen LogP contribution in [-0.4, -0.2) is 6.54 Å². The first-order chi connectivity index (χ1) is 8.25. The maximum absolute atomic E-state index is 3.54. The largest absolute Gasteiger partial charge is 0.385 e. The van der Waals surface area contributed by atoms with Crippen LogP contribution in [0.5, 0.6) is 0 Å². The average Bonchev–Trinajstić information content (AvgIpc) is 2.35. The third-order valence-corrected chi connectivity index (χ3v) is 4.65. The molecule has 17 heavy (non-hydrogen) atoms. The third-order valence-electron chi connectivity index (χ3n) is 3.76. The summed E-state index contributed by atoms with van der Waals surface area (Å²) in [6.45, 7) is 3.25. The van der Waals surface area contributed by atoms with Crippen molar-refractivity contribution in [2.45, 2.75) is 45.4 Å². The van der Waals surface area contributed by atoms with Crippen LogP contribution in [-0.2, 0) is 0 Å². The van der Waals surface area contributed by atoms with Crippen LogP contribution < -0.4 is 5.32 Å². The topological polar surface area (TPSA) is 12.0 Å². The quantitative estimate of drug-likeness (QED) is 0.811. The van der Waals surface area contributed by atoms with Crippen LogP contribution in [0.1, 0.15) is 44.1 Å². The van der Waals surface area contributed by atoms with E-state index in [1.807, 2.05) is 0 Å². The third kappa shape index (κ3) is 4.02. The van der Waals surface area contributed by atoms with Gasteiger partial charge in [-0.25, -0.2) is 0 Å². The Labute approximate surface area is 113 Å². The van der Waals surface area contributed by atoms with Crippen molar-refractivity contribution >= 4 is 21.6 Å². The maximum atomic E-state index is 3.54. The number of nitrogens with one attached hydrogen (secondary N) is 1. The second kappa shape index (κ2) is 6.44. The van der Waals surface area contributed by atoms with Crippen molar-refractivity contribution in [2.75, 3.05) is 11.9 Å². The van der Waals surface area contributed by atoms with Crippen molar-refractivity contribution in [1.29, 1.82) is 0 Å². The SMILES string of the molecule is Cc1cc(NCCC2CCCCC2)ccc1Br. The summed E-state index contributed by atoms with van der Waals surface area (Å²) in [5, 5.41) is 3.54. The second-order valence-electron chi connectivity index (χ2n) is 5.18.